The molecule has 0 aromatic rings. The number of nitrogens with one attached hydrogen (secondary N) is 1. The minimum atomic E-state index is -0.853. The van der Waals surface area contributed by atoms with Crippen molar-refractivity contribution in [3.05, 3.63) is 60.8 Å². The Labute approximate surface area is 381 Å². The molecule has 0 rings (SSSR count). The molecule has 1 amide bonds. The molecule has 0 bridgehead atoms. The fraction of sp³-hybridized carbons (Fsp3) is 0.807. The highest BCUT2D eigenvalue weighted by Gasteiger charge is 2.18. The maximum atomic E-state index is 12.4. The van der Waals surface area contributed by atoms with Gasteiger partial charge in [-0.05, 0) is 57.8 Å². The highest BCUT2D eigenvalue weighted by Crippen LogP contribution is 2.17. The van der Waals surface area contributed by atoms with Crippen LogP contribution in [0.25, 0.3) is 0 Å². The van der Waals surface area contributed by atoms with E-state index in [1.165, 1.54) is 186 Å². The zero-order chi connectivity index (χ0) is 44.2. The van der Waals surface area contributed by atoms with Gasteiger partial charge in [0.05, 0.1) is 18.8 Å². The summed E-state index contributed by atoms with van der Waals surface area (Å²) in [6.07, 6.45) is 73.8. The van der Waals surface area contributed by atoms with Crippen molar-refractivity contribution in [3.8, 4) is 0 Å². The van der Waals surface area contributed by atoms with Crippen LogP contribution in [0.3, 0.4) is 0 Å². The van der Waals surface area contributed by atoms with Gasteiger partial charge in [-0.1, -0.05) is 274 Å². The molecule has 4 nitrogen and oxygen atoms in total. The van der Waals surface area contributed by atoms with E-state index in [-0.39, 0.29) is 12.5 Å². The molecule has 2 atom stereocenters. The van der Waals surface area contributed by atoms with Gasteiger partial charge in [-0.2, -0.15) is 0 Å². The Hall–Kier alpha value is -1.91. The van der Waals surface area contributed by atoms with Crippen LogP contribution >= 0.6 is 0 Å². The second kappa shape index (κ2) is 52.4. The largest absolute Gasteiger partial charge is 0.394 e. The van der Waals surface area contributed by atoms with Crippen LogP contribution in [-0.2, 0) is 4.79 Å². The molecule has 0 saturated carbocycles. The molecule has 0 heterocycles. The third kappa shape index (κ3) is 49.0. The number of allylic oxidation sites excluding steroid dienone is 9. The summed E-state index contributed by atoms with van der Waals surface area (Å²) in [6, 6.07) is -0.639. The van der Waals surface area contributed by atoms with Gasteiger partial charge >= 0.3 is 0 Å². The highest BCUT2D eigenvalue weighted by molar-refractivity contribution is 5.76. The second-order valence-electron chi connectivity index (χ2n) is 18.3. The molecule has 0 aromatic heterocycles. The minimum absolute atomic E-state index is 0.0866. The number of amides is 1. The van der Waals surface area contributed by atoms with Crippen LogP contribution in [0.2, 0.25) is 0 Å². The van der Waals surface area contributed by atoms with Gasteiger partial charge in [-0.3, -0.25) is 4.79 Å². The Bertz CT molecular complexity index is 1010. The lowest BCUT2D eigenvalue weighted by Gasteiger charge is -2.20. The molecule has 0 aliphatic heterocycles. The maximum Gasteiger partial charge on any atom is 0.220 e. The quantitative estimate of drug-likeness (QED) is 0.0422. The molecule has 0 aliphatic carbocycles. The van der Waals surface area contributed by atoms with Crippen molar-refractivity contribution in [3.63, 3.8) is 0 Å². The Balaban J connectivity index is 3.49. The summed E-state index contributed by atoms with van der Waals surface area (Å²) in [5.74, 6) is -0.0866. The summed E-state index contributed by atoms with van der Waals surface area (Å²) in [5, 5.41) is 23.1. The smallest absolute Gasteiger partial charge is 0.220 e. The maximum absolute atomic E-state index is 12.4. The zero-order valence-electron chi connectivity index (χ0n) is 40.9. The number of aliphatic hydroxyl groups excluding tert-OH is 2. The molecule has 0 fully saturated rings. The van der Waals surface area contributed by atoms with E-state index in [0.29, 0.717) is 6.42 Å². The SMILES string of the molecule is CC/C=C\C/C=C\C/C=C\C/C=C\CCCCCCC(=O)NC(CO)C(O)/C=C/CCCCCCCCCCCCCCCCCCCCCCCCCCCCCCCC. The summed E-state index contributed by atoms with van der Waals surface area (Å²) in [4.78, 5) is 12.4. The molecule has 0 spiro atoms. The first-order valence-corrected chi connectivity index (χ1v) is 27.0. The molecule has 2 unspecified atom stereocenters. The van der Waals surface area contributed by atoms with E-state index >= 15 is 0 Å². The van der Waals surface area contributed by atoms with Gasteiger partial charge in [-0.15, -0.1) is 0 Å². The van der Waals surface area contributed by atoms with E-state index in [2.05, 4.69) is 67.8 Å². The van der Waals surface area contributed by atoms with Crippen LogP contribution in [-0.4, -0.2) is 34.9 Å². The Morgan fingerprint density at radius 3 is 1.08 bits per heavy atom. The summed E-state index contributed by atoms with van der Waals surface area (Å²) >= 11 is 0. The predicted octanol–water partition coefficient (Wildman–Crippen LogP) is 17.6. The van der Waals surface area contributed by atoms with Crippen LogP contribution < -0.4 is 5.32 Å². The van der Waals surface area contributed by atoms with Crippen molar-refractivity contribution >= 4 is 5.91 Å². The third-order valence-electron chi connectivity index (χ3n) is 12.3. The molecule has 3 N–H and O–H groups in total. The van der Waals surface area contributed by atoms with Gasteiger partial charge in [-0.25, -0.2) is 0 Å². The van der Waals surface area contributed by atoms with Crippen LogP contribution in [0.1, 0.15) is 277 Å². The van der Waals surface area contributed by atoms with E-state index < -0.39 is 12.1 Å². The fourth-order valence-corrected chi connectivity index (χ4v) is 8.17. The lowest BCUT2D eigenvalue weighted by molar-refractivity contribution is -0.123. The number of hydrogen-bond donors (Lipinski definition) is 3. The van der Waals surface area contributed by atoms with Gasteiger partial charge in [0.15, 0.2) is 0 Å². The normalized spacial score (nSPS) is 13.3. The average molecular weight is 852 g/mol. The van der Waals surface area contributed by atoms with E-state index in [9.17, 15) is 15.0 Å². The monoisotopic (exact) mass is 852 g/mol. The summed E-state index contributed by atoms with van der Waals surface area (Å²) in [5.41, 5.74) is 0. The first kappa shape index (κ1) is 59.1. The molecule has 0 aliphatic rings. The summed E-state index contributed by atoms with van der Waals surface area (Å²) < 4.78 is 0. The van der Waals surface area contributed by atoms with Crippen molar-refractivity contribution < 1.29 is 15.0 Å². The molecule has 0 aromatic carbocycles. The number of carbonyl (C=O) groups excluding carboxylic acids is 1. The Morgan fingerprint density at radius 2 is 0.721 bits per heavy atom. The zero-order valence-corrected chi connectivity index (χ0v) is 40.9. The first-order chi connectivity index (χ1) is 30.2. The van der Waals surface area contributed by atoms with Gasteiger partial charge < -0.3 is 15.5 Å². The van der Waals surface area contributed by atoms with Crippen molar-refractivity contribution in [1.82, 2.24) is 5.32 Å². The van der Waals surface area contributed by atoms with Crippen LogP contribution in [0.4, 0.5) is 0 Å². The van der Waals surface area contributed by atoms with Crippen LogP contribution in [0.15, 0.2) is 60.8 Å². The van der Waals surface area contributed by atoms with Gasteiger partial charge in [0.2, 0.25) is 5.91 Å². The molecule has 4 heteroatoms. The second-order valence-corrected chi connectivity index (χ2v) is 18.3. The molecular weight excluding hydrogens is 747 g/mol. The summed E-state index contributed by atoms with van der Waals surface area (Å²) in [7, 11) is 0. The number of carbonyl (C=O) groups is 1. The van der Waals surface area contributed by atoms with Gasteiger partial charge in [0, 0.05) is 6.42 Å². The Kier molecular flexibility index (Phi) is 50.8. The van der Waals surface area contributed by atoms with E-state index in [1.54, 1.807) is 6.08 Å². The molecular formula is C57H105NO3. The topological polar surface area (TPSA) is 69.6 Å². The van der Waals surface area contributed by atoms with Crippen molar-refractivity contribution in [1.29, 1.82) is 0 Å². The van der Waals surface area contributed by atoms with E-state index in [4.69, 9.17) is 0 Å². The highest BCUT2D eigenvalue weighted by atomic mass is 16.3. The minimum Gasteiger partial charge on any atom is -0.394 e. The number of hydrogen-bond acceptors (Lipinski definition) is 3. The first-order valence-electron chi connectivity index (χ1n) is 27.0. The molecule has 0 saturated heterocycles. The van der Waals surface area contributed by atoms with Crippen LogP contribution in [0.5, 0.6) is 0 Å². The van der Waals surface area contributed by atoms with Crippen molar-refractivity contribution in [2.24, 2.45) is 0 Å². The number of aliphatic hydroxyl groups is 2. The van der Waals surface area contributed by atoms with Crippen molar-refractivity contribution in [2.45, 2.75) is 289 Å². The fourth-order valence-electron chi connectivity index (χ4n) is 8.17. The lowest BCUT2D eigenvalue weighted by atomic mass is 10.0. The average Bonchev–Trinajstić information content (AvgIpc) is 3.26. The molecule has 61 heavy (non-hydrogen) atoms. The van der Waals surface area contributed by atoms with Crippen LogP contribution in [0, 0.1) is 0 Å². The number of rotatable bonds is 49. The lowest BCUT2D eigenvalue weighted by Crippen LogP contribution is -2.45. The van der Waals surface area contributed by atoms with Gasteiger partial charge in [0.25, 0.3) is 0 Å². The molecule has 0 radical (unpaired) electrons. The third-order valence-corrected chi connectivity index (χ3v) is 12.3. The van der Waals surface area contributed by atoms with Crippen molar-refractivity contribution in [2.75, 3.05) is 6.61 Å². The van der Waals surface area contributed by atoms with E-state index in [1.807, 2.05) is 6.08 Å². The van der Waals surface area contributed by atoms with Gasteiger partial charge in [0.1, 0.15) is 0 Å². The molecule has 356 valence electrons. The standard InChI is InChI=1S/C57H105NO3/c1-3-5-7-9-11-13-15-17-19-21-22-23-24-25-26-27-28-29-30-31-32-33-34-35-37-38-40-42-44-46-48-50-52-56(60)55(54-59)58-57(61)53-51-49-47-45-43-41-39-36-20-18-16-14-12-10-8-6-4-2/h6,8,12,14,18,20,39,41,50,52,55-56,59-60H,3-5,7,9-11,13,15-17,19,21-38,40,42-49,51,53-54H2,1-2H3,(H,58,61)/b8-6-,14-12-,20-18-,41-39-,52-50+. The number of unbranched alkanes of at least 4 members (excludes halogenated alkanes) is 34. The predicted molar refractivity (Wildman–Crippen MR) is 271 cm³/mol. The summed E-state index contributed by atoms with van der Waals surface area (Å²) in [6.45, 7) is 4.20. The Morgan fingerprint density at radius 1 is 0.410 bits per heavy atom. The van der Waals surface area contributed by atoms with E-state index in [0.717, 1.165) is 70.6 Å².